The van der Waals surface area contributed by atoms with E-state index in [1.807, 2.05) is 7.05 Å². The fraction of sp³-hybridized carbons (Fsp3) is 0.600. The highest BCUT2D eigenvalue weighted by atomic mass is 15.1. The molecule has 0 aliphatic heterocycles. The van der Waals surface area contributed by atoms with Crippen molar-refractivity contribution >= 4 is 0 Å². The second kappa shape index (κ2) is 8.25. The summed E-state index contributed by atoms with van der Waals surface area (Å²) >= 11 is 0. The molecule has 0 heterocycles. The molecule has 3 nitrogen and oxygen atoms in total. The molecule has 1 rings (SSSR count). The van der Waals surface area contributed by atoms with E-state index in [2.05, 4.69) is 60.5 Å². The van der Waals surface area contributed by atoms with Gasteiger partial charge < -0.3 is 15.1 Å². The normalized spacial score (nSPS) is 11.4. The minimum Gasteiger partial charge on any atom is -0.319 e. The molecule has 1 aromatic carbocycles. The van der Waals surface area contributed by atoms with E-state index in [1.165, 1.54) is 11.1 Å². The second-order valence-electron chi connectivity index (χ2n) is 5.21. The predicted octanol–water partition coefficient (Wildman–Crippen LogP) is 1.44. The van der Waals surface area contributed by atoms with E-state index in [9.17, 15) is 0 Å². The van der Waals surface area contributed by atoms with Crippen LogP contribution < -0.4 is 5.32 Å². The zero-order chi connectivity index (χ0) is 13.4. The van der Waals surface area contributed by atoms with Crippen molar-refractivity contribution in [1.82, 2.24) is 15.1 Å². The van der Waals surface area contributed by atoms with Crippen molar-refractivity contribution in [2.75, 3.05) is 47.8 Å². The Bertz CT molecular complexity index is 319. The molecule has 0 saturated heterocycles. The van der Waals surface area contributed by atoms with E-state index < -0.39 is 0 Å². The number of rotatable bonds is 8. The fourth-order valence-electron chi connectivity index (χ4n) is 1.84. The van der Waals surface area contributed by atoms with E-state index >= 15 is 0 Å². The van der Waals surface area contributed by atoms with Crippen LogP contribution in [0.2, 0.25) is 0 Å². The molecule has 0 saturated carbocycles. The molecule has 0 bridgehead atoms. The molecule has 102 valence electrons. The van der Waals surface area contributed by atoms with Crippen molar-refractivity contribution in [3.63, 3.8) is 0 Å². The molecule has 0 aromatic heterocycles. The Hall–Kier alpha value is -0.900. The Morgan fingerprint density at radius 2 is 1.56 bits per heavy atom. The summed E-state index contributed by atoms with van der Waals surface area (Å²) in [6.07, 6.45) is 1.10. The molecular formula is C15H27N3. The van der Waals surface area contributed by atoms with Crippen molar-refractivity contribution in [2.24, 2.45) is 0 Å². The van der Waals surface area contributed by atoms with Gasteiger partial charge in [-0.3, -0.25) is 0 Å². The Morgan fingerprint density at radius 1 is 0.944 bits per heavy atom. The van der Waals surface area contributed by atoms with Crippen LogP contribution in [-0.4, -0.2) is 57.6 Å². The summed E-state index contributed by atoms with van der Waals surface area (Å²) in [5, 5.41) is 3.18. The largest absolute Gasteiger partial charge is 0.319 e. The monoisotopic (exact) mass is 249 g/mol. The molecule has 3 heteroatoms. The minimum absolute atomic E-state index is 1.03. The first-order valence-electron chi connectivity index (χ1n) is 6.67. The van der Waals surface area contributed by atoms with Crippen molar-refractivity contribution in [3.8, 4) is 0 Å². The zero-order valence-corrected chi connectivity index (χ0v) is 12.2. The first-order valence-corrected chi connectivity index (χ1v) is 6.67. The maximum Gasteiger partial charge on any atom is 0.0231 e. The van der Waals surface area contributed by atoms with Crippen LogP contribution in [0, 0.1) is 0 Å². The Balaban J connectivity index is 2.38. The molecular weight excluding hydrogens is 222 g/mol. The van der Waals surface area contributed by atoms with Gasteiger partial charge in [0.05, 0.1) is 0 Å². The first-order chi connectivity index (χ1) is 8.61. The second-order valence-corrected chi connectivity index (χ2v) is 5.21. The molecule has 0 unspecified atom stereocenters. The minimum atomic E-state index is 1.03. The molecule has 0 amide bonds. The van der Waals surface area contributed by atoms with Gasteiger partial charge in [0, 0.05) is 19.6 Å². The third-order valence-corrected chi connectivity index (χ3v) is 3.07. The summed E-state index contributed by atoms with van der Waals surface area (Å²) in [6, 6.07) is 8.98. The van der Waals surface area contributed by atoms with Crippen LogP contribution in [0.15, 0.2) is 24.3 Å². The highest BCUT2D eigenvalue weighted by Gasteiger charge is 2.01. The molecule has 0 aliphatic carbocycles. The summed E-state index contributed by atoms with van der Waals surface area (Å²) in [6.45, 7) is 4.29. The highest BCUT2D eigenvalue weighted by molar-refractivity contribution is 5.22. The van der Waals surface area contributed by atoms with Gasteiger partial charge in [-0.1, -0.05) is 24.3 Å². The molecule has 0 spiro atoms. The van der Waals surface area contributed by atoms with Gasteiger partial charge in [0.1, 0.15) is 0 Å². The lowest BCUT2D eigenvalue weighted by Crippen LogP contribution is -2.28. The smallest absolute Gasteiger partial charge is 0.0231 e. The third-order valence-electron chi connectivity index (χ3n) is 3.07. The molecule has 0 atom stereocenters. The molecule has 0 radical (unpaired) electrons. The van der Waals surface area contributed by atoms with E-state index in [1.54, 1.807) is 0 Å². The van der Waals surface area contributed by atoms with Crippen LogP contribution in [0.3, 0.4) is 0 Å². The Morgan fingerprint density at radius 3 is 2.11 bits per heavy atom. The Kier molecular flexibility index (Phi) is 6.94. The predicted molar refractivity (Wildman–Crippen MR) is 79.0 cm³/mol. The number of hydrogen-bond donors (Lipinski definition) is 1. The van der Waals surface area contributed by atoms with Gasteiger partial charge in [-0.25, -0.2) is 0 Å². The summed E-state index contributed by atoms with van der Waals surface area (Å²) < 4.78 is 0. The van der Waals surface area contributed by atoms with E-state index in [-0.39, 0.29) is 0 Å². The Labute approximate surface area is 112 Å². The summed E-state index contributed by atoms with van der Waals surface area (Å²) in [5.74, 6) is 0. The van der Waals surface area contributed by atoms with Crippen molar-refractivity contribution in [1.29, 1.82) is 0 Å². The molecule has 1 aromatic rings. The lowest BCUT2D eigenvalue weighted by molar-refractivity contribution is 0.276. The average Bonchev–Trinajstić information content (AvgIpc) is 2.35. The third kappa shape index (κ3) is 6.15. The van der Waals surface area contributed by atoms with E-state index in [0.29, 0.717) is 0 Å². The summed E-state index contributed by atoms with van der Waals surface area (Å²) in [4.78, 5) is 4.58. The van der Waals surface area contributed by atoms with Crippen LogP contribution >= 0.6 is 0 Å². The molecule has 0 aliphatic rings. The highest BCUT2D eigenvalue weighted by Crippen LogP contribution is 2.07. The standard InChI is InChI=1S/C15H27N3/c1-16-10-9-14-5-7-15(8-6-14)13-18(4)12-11-17(2)3/h5-8,16H,9-13H2,1-4H3. The molecule has 1 N–H and O–H groups in total. The number of benzene rings is 1. The van der Waals surface area contributed by atoms with Crippen molar-refractivity contribution in [2.45, 2.75) is 13.0 Å². The van der Waals surface area contributed by atoms with Gasteiger partial charge in [0.2, 0.25) is 0 Å². The quantitative estimate of drug-likeness (QED) is 0.752. The van der Waals surface area contributed by atoms with Crippen molar-refractivity contribution < 1.29 is 0 Å². The topological polar surface area (TPSA) is 18.5 Å². The first kappa shape index (κ1) is 15.2. The SMILES string of the molecule is CNCCc1ccc(CN(C)CCN(C)C)cc1. The number of likely N-dealkylation sites (N-methyl/N-ethyl adjacent to an activating group) is 3. The van der Waals surface area contributed by atoms with Crippen LogP contribution in [0.1, 0.15) is 11.1 Å². The summed E-state index contributed by atoms with van der Waals surface area (Å²) in [5.41, 5.74) is 2.80. The van der Waals surface area contributed by atoms with Crippen molar-refractivity contribution in [3.05, 3.63) is 35.4 Å². The van der Waals surface area contributed by atoms with Crippen LogP contribution in [0.4, 0.5) is 0 Å². The lowest BCUT2D eigenvalue weighted by atomic mass is 10.1. The van der Waals surface area contributed by atoms with E-state index in [0.717, 1.165) is 32.6 Å². The van der Waals surface area contributed by atoms with E-state index in [4.69, 9.17) is 0 Å². The van der Waals surface area contributed by atoms with Gasteiger partial charge in [-0.05, 0) is 52.3 Å². The summed E-state index contributed by atoms with van der Waals surface area (Å²) in [7, 11) is 8.40. The van der Waals surface area contributed by atoms with Gasteiger partial charge in [0.25, 0.3) is 0 Å². The molecule has 0 fully saturated rings. The zero-order valence-electron chi connectivity index (χ0n) is 12.2. The lowest BCUT2D eigenvalue weighted by Gasteiger charge is -2.19. The average molecular weight is 249 g/mol. The van der Waals surface area contributed by atoms with Crippen LogP contribution in [0.5, 0.6) is 0 Å². The number of hydrogen-bond acceptors (Lipinski definition) is 3. The van der Waals surface area contributed by atoms with Crippen LogP contribution in [0.25, 0.3) is 0 Å². The number of nitrogens with zero attached hydrogens (tertiary/aromatic N) is 2. The molecule has 18 heavy (non-hydrogen) atoms. The fourth-order valence-corrected chi connectivity index (χ4v) is 1.84. The maximum absolute atomic E-state index is 3.18. The van der Waals surface area contributed by atoms with Crippen LogP contribution in [-0.2, 0) is 13.0 Å². The number of nitrogens with one attached hydrogen (secondary N) is 1. The maximum atomic E-state index is 3.18. The van der Waals surface area contributed by atoms with Gasteiger partial charge in [-0.2, -0.15) is 0 Å². The van der Waals surface area contributed by atoms with Gasteiger partial charge in [-0.15, -0.1) is 0 Å². The van der Waals surface area contributed by atoms with Gasteiger partial charge >= 0.3 is 0 Å². The van der Waals surface area contributed by atoms with Gasteiger partial charge in [0.15, 0.2) is 0 Å².